The number of hydrogen-bond donors (Lipinski definition) is 1. The van der Waals surface area contributed by atoms with Crippen molar-refractivity contribution in [2.75, 3.05) is 19.6 Å². The molecule has 2 aromatic rings. The zero-order valence-corrected chi connectivity index (χ0v) is 14.0. The Balaban J connectivity index is 1.79. The third-order valence-electron chi connectivity index (χ3n) is 3.49. The zero-order valence-electron chi connectivity index (χ0n) is 13.2. The second kappa shape index (κ2) is 8.54. The van der Waals surface area contributed by atoms with E-state index in [2.05, 4.69) is 34.6 Å². The van der Waals surface area contributed by atoms with Crippen molar-refractivity contribution < 1.29 is 4.79 Å². The van der Waals surface area contributed by atoms with E-state index >= 15 is 0 Å². The summed E-state index contributed by atoms with van der Waals surface area (Å²) in [5.74, 6) is 0. The molecule has 0 aliphatic heterocycles. The molecule has 1 aromatic carbocycles. The molecule has 5 heteroatoms. The molecule has 22 heavy (non-hydrogen) atoms. The first-order chi connectivity index (χ1) is 10.7. The van der Waals surface area contributed by atoms with Gasteiger partial charge in [0.05, 0.1) is 5.01 Å². The molecule has 0 saturated carbocycles. The fourth-order valence-corrected chi connectivity index (χ4v) is 3.20. The predicted molar refractivity (Wildman–Crippen MR) is 91.4 cm³/mol. The number of rotatable bonds is 7. The summed E-state index contributed by atoms with van der Waals surface area (Å²) in [7, 11) is 0. The minimum absolute atomic E-state index is 0.00562. The molecule has 0 aliphatic rings. The Bertz CT molecular complexity index is 579. The van der Waals surface area contributed by atoms with Crippen molar-refractivity contribution in [3.8, 4) is 0 Å². The largest absolute Gasteiger partial charge is 0.338 e. The number of carbonyl (C=O) groups is 1. The van der Waals surface area contributed by atoms with E-state index in [1.165, 1.54) is 10.4 Å². The lowest BCUT2D eigenvalue weighted by Gasteiger charge is -2.18. The molecule has 0 radical (unpaired) electrons. The van der Waals surface area contributed by atoms with Gasteiger partial charge < -0.3 is 10.2 Å². The maximum atomic E-state index is 11.8. The van der Waals surface area contributed by atoms with Crippen LogP contribution < -0.4 is 5.32 Å². The highest BCUT2D eigenvalue weighted by Gasteiger charge is 2.09. The van der Waals surface area contributed by atoms with Crippen molar-refractivity contribution in [3.63, 3.8) is 0 Å². The molecule has 1 aromatic heterocycles. The number of thiazole rings is 1. The van der Waals surface area contributed by atoms with E-state index in [1.54, 1.807) is 16.2 Å². The number of hydrogen-bond acceptors (Lipinski definition) is 3. The molecule has 2 rings (SSSR count). The molecule has 0 saturated heterocycles. The molecule has 0 spiro atoms. The van der Waals surface area contributed by atoms with Gasteiger partial charge in [0.25, 0.3) is 0 Å². The summed E-state index contributed by atoms with van der Waals surface area (Å²) in [5.41, 5.74) is 1.30. The maximum Gasteiger partial charge on any atom is 0.317 e. The first-order valence-corrected chi connectivity index (χ1v) is 8.54. The molecule has 1 heterocycles. The molecule has 4 nitrogen and oxygen atoms in total. The van der Waals surface area contributed by atoms with E-state index in [0.717, 1.165) is 30.9 Å². The predicted octanol–water partition coefficient (Wildman–Crippen LogP) is 3.33. The summed E-state index contributed by atoms with van der Waals surface area (Å²) in [6, 6.07) is 10.4. The Morgan fingerprint density at radius 2 is 1.95 bits per heavy atom. The van der Waals surface area contributed by atoms with Crippen LogP contribution in [0.1, 0.15) is 29.3 Å². The summed E-state index contributed by atoms with van der Waals surface area (Å²) in [5, 5.41) is 4.02. The van der Waals surface area contributed by atoms with E-state index in [4.69, 9.17) is 0 Å². The molecular formula is C17H23N3OS. The van der Waals surface area contributed by atoms with Crippen LogP contribution in [0.4, 0.5) is 4.79 Å². The summed E-state index contributed by atoms with van der Waals surface area (Å²) in [4.78, 5) is 19.3. The second-order valence-electron chi connectivity index (χ2n) is 5.04. The quantitative estimate of drug-likeness (QED) is 0.851. The van der Waals surface area contributed by atoms with Crippen LogP contribution in [0, 0.1) is 0 Å². The van der Waals surface area contributed by atoms with Gasteiger partial charge >= 0.3 is 6.03 Å². The standard InChI is InChI=1S/C17H23N3OS/c1-3-20(4-2)17(21)18-11-10-16-19-13-15(22-16)12-14-8-6-5-7-9-14/h5-9,13H,3-4,10-12H2,1-2H3,(H,18,21). The Morgan fingerprint density at radius 3 is 2.64 bits per heavy atom. The maximum absolute atomic E-state index is 11.8. The first-order valence-electron chi connectivity index (χ1n) is 7.73. The van der Waals surface area contributed by atoms with E-state index in [1.807, 2.05) is 26.1 Å². The summed E-state index contributed by atoms with van der Waals surface area (Å²) in [6.45, 7) is 6.08. The number of carbonyl (C=O) groups excluding carboxylic acids is 1. The van der Waals surface area contributed by atoms with E-state index < -0.39 is 0 Å². The smallest absolute Gasteiger partial charge is 0.317 e. The number of nitrogens with zero attached hydrogens (tertiary/aromatic N) is 2. The van der Waals surface area contributed by atoms with Crippen molar-refractivity contribution in [1.29, 1.82) is 0 Å². The van der Waals surface area contributed by atoms with Crippen LogP contribution in [0.2, 0.25) is 0 Å². The lowest BCUT2D eigenvalue weighted by atomic mass is 10.1. The minimum atomic E-state index is 0.00562. The summed E-state index contributed by atoms with van der Waals surface area (Å²) in [6.07, 6.45) is 3.65. The second-order valence-corrected chi connectivity index (χ2v) is 6.24. The molecule has 2 amide bonds. The van der Waals surface area contributed by atoms with Gasteiger partial charge in [-0.1, -0.05) is 30.3 Å². The topological polar surface area (TPSA) is 45.2 Å². The average Bonchev–Trinajstić information content (AvgIpc) is 2.97. The number of benzene rings is 1. The van der Waals surface area contributed by atoms with Crippen LogP contribution in [0.3, 0.4) is 0 Å². The monoisotopic (exact) mass is 317 g/mol. The van der Waals surface area contributed by atoms with Gasteiger partial charge in [-0.05, 0) is 19.4 Å². The number of urea groups is 1. The van der Waals surface area contributed by atoms with Crippen LogP contribution in [-0.2, 0) is 12.8 Å². The molecule has 0 bridgehead atoms. The lowest BCUT2D eigenvalue weighted by Crippen LogP contribution is -2.40. The average molecular weight is 317 g/mol. The Labute approximate surface area is 136 Å². The van der Waals surface area contributed by atoms with Crippen molar-refractivity contribution in [3.05, 3.63) is 52.0 Å². The van der Waals surface area contributed by atoms with Gasteiger partial charge in [0.1, 0.15) is 0 Å². The van der Waals surface area contributed by atoms with Crippen LogP contribution in [0.25, 0.3) is 0 Å². The fraction of sp³-hybridized carbons (Fsp3) is 0.412. The SMILES string of the molecule is CCN(CC)C(=O)NCCc1ncc(Cc2ccccc2)s1. The Kier molecular flexibility index (Phi) is 6.40. The highest BCUT2D eigenvalue weighted by Crippen LogP contribution is 2.17. The van der Waals surface area contributed by atoms with Crippen molar-refractivity contribution in [2.45, 2.75) is 26.7 Å². The minimum Gasteiger partial charge on any atom is -0.338 e. The molecular weight excluding hydrogens is 294 g/mol. The van der Waals surface area contributed by atoms with Crippen LogP contribution in [0.15, 0.2) is 36.5 Å². The number of aromatic nitrogens is 1. The molecule has 0 atom stereocenters. The van der Waals surface area contributed by atoms with Crippen LogP contribution in [0.5, 0.6) is 0 Å². The molecule has 1 N–H and O–H groups in total. The van der Waals surface area contributed by atoms with Gasteiger partial charge in [-0.25, -0.2) is 9.78 Å². The van der Waals surface area contributed by atoms with Crippen LogP contribution in [-0.4, -0.2) is 35.5 Å². The molecule has 0 unspecified atom stereocenters. The van der Waals surface area contributed by atoms with E-state index in [-0.39, 0.29) is 6.03 Å². The van der Waals surface area contributed by atoms with Gasteiger partial charge in [0.15, 0.2) is 0 Å². The molecule has 0 fully saturated rings. The first kappa shape index (κ1) is 16.5. The zero-order chi connectivity index (χ0) is 15.8. The van der Waals surface area contributed by atoms with Crippen molar-refractivity contribution in [2.24, 2.45) is 0 Å². The molecule has 0 aliphatic carbocycles. The summed E-state index contributed by atoms with van der Waals surface area (Å²) < 4.78 is 0. The number of nitrogens with one attached hydrogen (secondary N) is 1. The lowest BCUT2D eigenvalue weighted by molar-refractivity contribution is 0.203. The van der Waals surface area contributed by atoms with Gasteiger partial charge in [-0.2, -0.15) is 0 Å². The van der Waals surface area contributed by atoms with E-state index in [0.29, 0.717) is 6.54 Å². The van der Waals surface area contributed by atoms with Crippen molar-refractivity contribution in [1.82, 2.24) is 15.2 Å². The summed E-state index contributed by atoms with van der Waals surface area (Å²) >= 11 is 1.72. The third kappa shape index (κ3) is 4.84. The fourth-order valence-electron chi connectivity index (χ4n) is 2.24. The Morgan fingerprint density at radius 1 is 1.23 bits per heavy atom. The molecule has 118 valence electrons. The third-order valence-corrected chi connectivity index (χ3v) is 4.55. The van der Waals surface area contributed by atoms with Gasteiger partial charge in [0, 0.05) is 43.5 Å². The van der Waals surface area contributed by atoms with Gasteiger partial charge in [0.2, 0.25) is 0 Å². The van der Waals surface area contributed by atoms with Crippen LogP contribution >= 0.6 is 11.3 Å². The van der Waals surface area contributed by atoms with Crippen molar-refractivity contribution >= 4 is 17.4 Å². The van der Waals surface area contributed by atoms with E-state index in [9.17, 15) is 4.79 Å². The number of amides is 2. The highest BCUT2D eigenvalue weighted by molar-refractivity contribution is 7.11. The van der Waals surface area contributed by atoms with Gasteiger partial charge in [-0.15, -0.1) is 11.3 Å². The van der Waals surface area contributed by atoms with Gasteiger partial charge in [-0.3, -0.25) is 0 Å². The Hall–Kier alpha value is -1.88. The normalized spacial score (nSPS) is 10.5. The highest BCUT2D eigenvalue weighted by atomic mass is 32.1.